The third-order valence-electron chi connectivity index (χ3n) is 3.95. The highest BCUT2D eigenvalue weighted by atomic mass is 79.9. The SMILES string of the molecule is CCC(Br)C(=O)NC1C(C)(C)C1(C)C. The molecule has 1 aliphatic rings. The van der Waals surface area contributed by atoms with E-state index in [0.29, 0.717) is 6.04 Å². The Morgan fingerprint density at radius 3 is 2.07 bits per heavy atom. The van der Waals surface area contributed by atoms with Gasteiger partial charge in [-0.05, 0) is 17.3 Å². The molecule has 0 saturated heterocycles. The Hall–Kier alpha value is -0.0500. The van der Waals surface area contributed by atoms with Crippen LogP contribution in [-0.4, -0.2) is 16.8 Å². The molecule has 0 heterocycles. The standard InChI is InChI=1S/C11H20BrNO/c1-6-7(12)8(14)13-9-10(2,3)11(9,4)5/h7,9H,6H2,1-5H3,(H,13,14). The summed E-state index contributed by atoms with van der Waals surface area (Å²) in [6.07, 6.45) is 0.833. The van der Waals surface area contributed by atoms with E-state index in [9.17, 15) is 4.79 Å². The van der Waals surface area contributed by atoms with E-state index in [0.717, 1.165) is 6.42 Å². The molecule has 0 bridgehead atoms. The number of alkyl halides is 1. The lowest BCUT2D eigenvalue weighted by Gasteiger charge is -2.09. The molecular formula is C11H20BrNO. The highest BCUT2D eigenvalue weighted by Gasteiger charge is 2.65. The molecule has 1 unspecified atom stereocenters. The van der Waals surface area contributed by atoms with Gasteiger partial charge >= 0.3 is 0 Å². The van der Waals surface area contributed by atoms with Crippen LogP contribution in [0.4, 0.5) is 0 Å². The highest BCUT2D eigenvalue weighted by molar-refractivity contribution is 9.10. The Bertz CT molecular complexity index is 234. The number of amides is 1. The number of nitrogens with one attached hydrogen (secondary N) is 1. The molecule has 0 aromatic heterocycles. The summed E-state index contributed by atoms with van der Waals surface area (Å²) in [4.78, 5) is 11.6. The van der Waals surface area contributed by atoms with Gasteiger partial charge in [0.25, 0.3) is 0 Å². The van der Waals surface area contributed by atoms with Crippen LogP contribution in [0.5, 0.6) is 0 Å². The molecule has 1 atom stereocenters. The normalized spacial score (nSPS) is 25.6. The van der Waals surface area contributed by atoms with Crippen LogP contribution >= 0.6 is 15.9 Å². The smallest absolute Gasteiger partial charge is 0.234 e. The van der Waals surface area contributed by atoms with Crippen molar-refractivity contribution in [1.29, 1.82) is 0 Å². The van der Waals surface area contributed by atoms with Crippen molar-refractivity contribution in [3.8, 4) is 0 Å². The zero-order valence-electron chi connectivity index (χ0n) is 9.65. The Labute approximate surface area is 95.0 Å². The minimum Gasteiger partial charge on any atom is -0.351 e. The molecule has 1 N–H and O–H groups in total. The summed E-state index contributed by atoms with van der Waals surface area (Å²) in [5, 5.41) is 3.10. The number of carbonyl (C=O) groups excluding carboxylic acids is 1. The van der Waals surface area contributed by atoms with Gasteiger partial charge in [-0.3, -0.25) is 4.79 Å². The first-order chi connectivity index (χ1) is 6.25. The largest absolute Gasteiger partial charge is 0.351 e. The van der Waals surface area contributed by atoms with Gasteiger partial charge in [0.15, 0.2) is 0 Å². The summed E-state index contributed by atoms with van der Waals surface area (Å²) >= 11 is 3.36. The van der Waals surface area contributed by atoms with E-state index < -0.39 is 0 Å². The van der Waals surface area contributed by atoms with Crippen LogP contribution in [0.25, 0.3) is 0 Å². The van der Waals surface area contributed by atoms with E-state index >= 15 is 0 Å². The molecule has 0 aromatic carbocycles. The van der Waals surface area contributed by atoms with Crippen molar-refractivity contribution in [2.24, 2.45) is 10.8 Å². The lowest BCUT2D eigenvalue weighted by atomic mass is 10.0. The Kier molecular flexibility index (Phi) is 3.01. The third kappa shape index (κ3) is 1.71. The van der Waals surface area contributed by atoms with Gasteiger partial charge in [0.05, 0.1) is 4.83 Å². The van der Waals surface area contributed by atoms with E-state index in [1.165, 1.54) is 0 Å². The minimum atomic E-state index is -0.0466. The molecule has 1 aliphatic carbocycles. The van der Waals surface area contributed by atoms with Gasteiger partial charge in [-0.2, -0.15) is 0 Å². The summed E-state index contributed by atoms with van der Waals surface area (Å²) in [6, 6.07) is 0.314. The number of carbonyl (C=O) groups is 1. The molecule has 3 heteroatoms. The van der Waals surface area contributed by atoms with Crippen LogP contribution in [0.2, 0.25) is 0 Å². The van der Waals surface area contributed by atoms with Crippen molar-refractivity contribution in [3.63, 3.8) is 0 Å². The van der Waals surface area contributed by atoms with Crippen molar-refractivity contribution in [2.75, 3.05) is 0 Å². The van der Waals surface area contributed by atoms with Crippen LogP contribution < -0.4 is 5.32 Å². The minimum absolute atomic E-state index is 0.0466. The zero-order valence-corrected chi connectivity index (χ0v) is 11.2. The second kappa shape index (κ2) is 3.51. The fourth-order valence-electron chi connectivity index (χ4n) is 1.98. The maximum absolute atomic E-state index is 11.6. The van der Waals surface area contributed by atoms with Gasteiger partial charge in [-0.1, -0.05) is 50.5 Å². The second-order valence-electron chi connectivity index (χ2n) is 5.26. The molecule has 0 radical (unpaired) electrons. The van der Waals surface area contributed by atoms with Crippen molar-refractivity contribution in [1.82, 2.24) is 5.32 Å². The van der Waals surface area contributed by atoms with E-state index in [-0.39, 0.29) is 21.6 Å². The number of hydrogen-bond acceptors (Lipinski definition) is 1. The molecule has 0 aromatic rings. The molecule has 1 rings (SSSR count). The Morgan fingerprint density at radius 1 is 1.36 bits per heavy atom. The first-order valence-electron chi connectivity index (χ1n) is 5.19. The maximum Gasteiger partial charge on any atom is 0.234 e. The topological polar surface area (TPSA) is 29.1 Å². The van der Waals surface area contributed by atoms with E-state index in [1.807, 2.05) is 6.92 Å². The van der Waals surface area contributed by atoms with Crippen LogP contribution in [0.15, 0.2) is 0 Å². The summed E-state index contributed by atoms with van der Waals surface area (Å²) in [7, 11) is 0. The molecule has 1 fully saturated rings. The summed E-state index contributed by atoms with van der Waals surface area (Å²) in [5.74, 6) is 0.121. The average Bonchev–Trinajstić information content (AvgIpc) is 2.46. The van der Waals surface area contributed by atoms with Gasteiger partial charge in [-0.25, -0.2) is 0 Å². The van der Waals surface area contributed by atoms with E-state index in [2.05, 4.69) is 48.9 Å². The van der Waals surface area contributed by atoms with Crippen molar-refractivity contribution >= 4 is 21.8 Å². The van der Waals surface area contributed by atoms with Gasteiger partial charge in [0.2, 0.25) is 5.91 Å². The second-order valence-corrected chi connectivity index (χ2v) is 6.37. The Balaban J connectivity index is 2.53. The quantitative estimate of drug-likeness (QED) is 0.778. The van der Waals surface area contributed by atoms with Crippen molar-refractivity contribution < 1.29 is 4.79 Å². The highest BCUT2D eigenvalue weighted by Crippen LogP contribution is 2.62. The molecule has 0 spiro atoms. The maximum atomic E-state index is 11.6. The molecular weight excluding hydrogens is 242 g/mol. The van der Waals surface area contributed by atoms with Crippen LogP contribution in [0, 0.1) is 10.8 Å². The predicted octanol–water partition coefficient (Wildman–Crippen LogP) is 2.71. The van der Waals surface area contributed by atoms with Crippen molar-refractivity contribution in [3.05, 3.63) is 0 Å². The molecule has 14 heavy (non-hydrogen) atoms. The average molecular weight is 262 g/mol. The lowest BCUT2D eigenvalue weighted by Crippen LogP contribution is -2.35. The lowest BCUT2D eigenvalue weighted by molar-refractivity contribution is -0.120. The fraction of sp³-hybridized carbons (Fsp3) is 0.909. The van der Waals surface area contributed by atoms with Crippen LogP contribution in [-0.2, 0) is 4.79 Å². The fourth-order valence-corrected chi connectivity index (χ4v) is 2.11. The van der Waals surface area contributed by atoms with Crippen LogP contribution in [0.1, 0.15) is 41.0 Å². The first kappa shape index (κ1) is 12.0. The van der Waals surface area contributed by atoms with Gasteiger partial charge in [0, 0.05) is 6.04 Å². The van der Waals surface area contributed by atoms with Crippen molar-refractivity contribution in [2.45, 2.75) is 51.9 Å². The number of hydrogen-bond donors (Lipinski definition) is 1. The first-order valence-corrected chi connectivity index (χ1v) is 6.11. The molecule has 1 amide bonds. The van der Waals surface area contributed by atoms with E-state index in [4.69, 9.17) is 0 Å². The van der Waals surface area contributed by atoms with Gasteiger partial charge < -0.3 is 5.32 Å². The molecule has 0 aliphatic heterocycles. The van der Waals surface area contributed by atoms with Gasteiger partial charge in [-0.15, -0.1) is 0 Å². The van der Waals surface area contributed by atoms with E-state index in [1.54, 1.807) is 0 Å². The summed E-state index contributed by atoms with van der Waals surface area (Å²) < 4.78 is 0. The third-order valence-corrected chi connectivity index (χ3v) is 5.01. The molecule has 1 saturated carbocycles. The zero-order chi connectivity index (χ0) is 11.1. The molecule has 82 valence electrons. The predicted molar refractivity (Wildman–Crippen MR) is 62.5 cm³/mol. The monoisotopic (exact) mass is 261 g/mol. The number of halogens is 1. The Morgan fingerprint density at radius 2 is 1.79 bits per heavy atom. The van der Waals surface area contributed by atoms with Crippen LogP contribution in [0.3, 0.4) is 0 Å². The number of rotatable bonds is 3. The molecule has 2 nitrogen and oxygen atoms in total. The van der Waals surface area contributed by atoms with Gasteiger partial charge in [0.1, 0.15) is 0 Å². The summed E-state index contributed by atoms with van der Waals surface area (Å²) in [6.45, 7) is 10.8. The summed E-state index contributed by atoms with van der Waals surface area (Å²) in [5.41, 5.74) is 0.451.